The van der Waals surface area contributed by atoms with Crippen molar-refractivity contribution in [3.8, 4) is 11.1 Å². The summed E-state index contributed by atoms with van der Waals surface area (Å²) in [5.74, 6) is 0. The molecule has 1 fully saturated rings. The van der Waals surface area contributed by atoms with Crippen LogP contribution in [0.25, 0.3) is 11.1 Å². The van der Waals surface area contributed by atoms with E-state index >= 15 is 0 Å². The predicted molar refractivity (Wildman–Crippen MR) is 108 cm³/mol. The Labute approximate surface area is 164 Å². The number of carbonyl (C=O) groups excluding carboxylic acids is 1. The second kappa shape index (κ2) is 8.02. The zero-order valence-corrected chi connectivity index (χ0v) is 16.3. The molecule has 2 heterocycles. The molecule has 0 bridgehead atoms. The molecule has 0 aliphatic carbocycles. The van der Waals surface area contributed by atoms with Gasteiger partial charge in [0.15, 0.2) is 0 Å². The van der Waals surface area contributed by atoms with Crippen molar-refractivity contribution in [3.63, 3.8) is 0 Å². The maximum atomic E-state index is 12.6. The third-order valence-corrected chi connectivity index (χ3v) is 5.49. The van der Waals surface area contributed by atoms with Gasteiger partial charge in [-0.05, 0) is 35.8 Å². The van der Waals surface area contributed by atoms with Crippen LogP contribution in [0.15, 0.2) is 60.0 Å². The number of aromatic nitrogens is 1. The van der Waals surface area contributed by atoms with Crippen LogP contribution >= 0.6 is 0 Å². The van der Waals surface area contributed by atoms with E-state index in [4.69, 9.17) is 4.74 Å². The lowest BCUT2D eigenvalue weighted by atomic mass is 9.93. The fraction of sp³-hybridized carbons (Fsp3) is 0.364. The van der Waals surface area contributed by atoms with Crippen molar-refractivity contribution < 1.29 is 14.6 Å². The molecular weight excluding hydrogens is 356 g/mol. The number of pyridine rings is 1. The Kier molecular flexibility index (Phi) is 5.70. The van der Waals surface area contributed by atoms with Crippen LogP contribution in [-0.2, 0) is 11.8 Å². The number of aliphatic hydroxyl groups excluding tert-OH is 1. The molecule has 6 nitrogen and oxygen atoms in total. The molecule has 1 aliphatic rings. The van der Waals surface area contributed by atoms with Gasteiger partial charge < -0.3 is 19.3 Å². The van der Waals surface area contributed by atoms with Gasteiger partial charge in [-0.1, -0.05) is 30.8 Å². The van der Waals surface area contributed by atoms with Gasteiger partial charge in [0.25, 0.3) is 0 Å². The zero-order chi connectivity index (χ0) is 20.3. The molecule has 28 heavy (non-hydrogen) atoms. The summed E-state index contributed by atoms with van der Waals surface area (Å²) in [6.45, 7) is 6.21. The van der Waals surface area contributed by atoms with Gasteiger partial charge in [0.05, 0.1) is 6.04 Å². The fourth-order valence-corrected chi connectivity index (χ4v) is 3.55. The Hall–Kier alpha value is -2.86. The van der Waals surface area contributed by atoms with Gasteiger partial charge in [0.2, 0.25) is 5.56 Å². The van der Waals surface area contributed by atoms with Crippen molar-refractivity contribution in [3.05, 3.63) is 71.2 Å². The monoisotopic (exact) mass is 382 g/mol. The maximum Gasteiger partial charge on any atom is 0.411 e. The molecule has 2 aromatic rings. The summed E-state index contributed by atoms with van der Waals surface area (Å²) in [6.07, 6.45) is 3.99. The molecule has 1 aliphatic heterocycles. The predicted octanol–water partition coefficient (Wildman–Crippen LogP) is 3.26. The molecule has 0 saturated carbocycles. The molecule has 0 radical (unpaired) electrons. The van der Waals surface area contributed by atoms with Gasteiger partial charge in [-0.15, -0.1) is 0 Å². The number of cyclic esters (lactones) is 1. The van der Waals surface area contributed by atoms with Crippen LogP contribution in [0.2, 0.25) is 0 Å². The van der Waals surface area contributed by atoms with Crippen LogP contribution in [0.3, 0.4) is 0 Å². The summed E-state index contributed by atoms with van der Waals surface area (Å²) in [5.41, 5.74) is 2.13. The summed E-state index contributed by atoms with van der Waals surface area (Å²) in [4.78, 5) is 25.8. The van der Waals surface area contributed by atoms with Crippen molar-refractivity contribution in [2.24, 2.45) is 7.05 Å². The van der Waals surface area contributed by atoms with Crippen LogP contribution in [0.4, 0.5) is 4.79 Å². The first-order valence-corrected chi connectivity index (χ1v) is 9.40. The molecule has 1 N–H and O–H groups in total. The number of rotatable bonds is 6. The normalized spacial score (nSPS) is 20.5. The molecule has 1 amide bonds. The van der Waals surface area contributed by atoms with Crippen molar-refractivity contribution >= 4 is 6.09 Å². The summed E-state index contributed by atoms with van der Waals surface area (Å²) in [7, 11) is 1.73. The van der Waals surface area contributed by atoms with Crippen molar-refractivity contribution in [1.29, 1.82) is 0 Å². The second-order valence-corrected chi connectivity index (χ2v) is 7.22. The van der Waals surface area contributed by atoms with E-state index in [9.17, 15) is 14.7 Å². The fourth-order valence-electron chi connectivity index (χ4n) is 3.55. The highest BCUT2D eigenvalue weighted by Gasteiger charge is 2.39. The summed E-state index contributed by atoms with van der Waals surface area (Å²) < 4.78 is 7.16. The third-order valence-electron chi connectivity index (χ3n) is 5.49. The lowest BCUT2D eigenvalue weighted by molar-refractivity contribution is -0.0385. The van der Waals surface area contributed by atoms with Gasteiger partial charge in [0.1, 0.15) is 5.60 Å². The number of benzene rings is 1. The first-order chi connectivity index (χ1) is 13.4. The highest BCUT2D eigenvalue weighted by atomic mass is 16.6. The van der Waals surface area contributed by atoms with E-state index in [1.165, 1.54) is 0 Å². The van der Waals surface area contributed by atoms with E-state index in [2.05, 4.69) is 6.58 Å². The van der Waals surface area contributed by atoms with Crippen molar-refractivity contribution in [2.75, 3.05) is 13.2 Å². The Morgan fingerprint density at radius 2 is 1.89 bits per heavy atom. The second-order valence-electron chi connectivity index (χ2n) is 7.22. The maximum absolute atomic E-state index is 12.6. The smallest absolute Gasteiger partial charge is 0.411 e. The highest BCUT2D eigenvalue weighted by molar-refractivity contribution is 5.70. The van der Waals surface area contributed by atoms with E-state index in [1.807, 2.05) is 31.2 Å². The average molecular weight is 382 g/mol. The third kappa shape index (κ3) is 3.87. The number of hydrogen-bond donors (Lipinski definition) is 1. The number of ether oxygens (including phenoxy) is 1. The zero-order valence-electron chi connectivity index (χ0n) is 16.3. The lowest BCUT2D eigenvalue weighted by Crippen LogP contribution is -2.49. The Morgan fingerprint density at radius 3 is 2.46 bits per heavy atom. The standard InChI is InChI=1S/C22H26N2O4/c1-4-22(12-14-25)11-13-24(21(27)28-22)16(2)17-5-7-18(8-6-17)19-9-10-20(26)23(3)15-19/h4-10,15-16,25H,1,11-14H2,2-3H3/t16-,22-/m0/s1. The molecule has 3 rings (SSSR count). The molecule has 0 unspecified atom stereocenters. The lowest BCUT2D eigenvalue weighted by Gasteiger charge is -2.41. The number of aryl methyl sites for hydroxylation is 1. The summed E-state index contributed by atoms with van der Waals surface area (Å²) >= 11 is 0. The molecule has 148 valence electrons. The topological polar surface area (TPSA) is 71.8 Å². The number of aliphatic hydroxyl groups is 1. The highest BCUT2D eigenvalue weighted by Crippen LogP contribution is 2.33. The van der Waals surface area contributed by atoms with Gasteiger partial charge >= 0.3 is 6.09 Å². The van der Waals surface area contributed by atoms with E-state index in [0.29, 0.717) is 19.4 Å². The minimum absolute atomic E-state index is 0.0469. The minimum Gasteiger partial charge on any atom is -0.438 e. The SMILES string of the molecule is C=C[C@@]1(CCO)CCN([C@@H](C)c2ccc(-c3ccc(=O)n(C)c3)cc2)C(=O)O1. The van der Waals surface area contributed by atoms with E-state index in [1.54, 1.807) is 40.9 Å². The Morgan fingerprint density at radius 1 is 1.21 bits per heavy atom. The van der Waals surface area contributed by atoms with Crippen molar-refractivity contribution in [1.82, 2.24) is 9.47 Å². The van der Waals surface area contributed by atoms with E-state index < -0.39 is 11.7 Å². The molecule has 6 heteroatoms. The molecule has 1 aromatic heterocycles. The van der Waals surface area contributed by atoms with E-state index in [0.717, 1.165) is 16.7 Å². The van der Waals surface area contributed by atoms with E-state index in [-0.39, 0.29) is 18.2 Å². The van der Waals surface area contributed by atoms with Crippen LogP contribution < -0.4 is 5.56 Å². The minimum atomic E-state index is -0.783. The van der Waals surface area contributed by atoms with Crippen LogP contribution in [-0.4, -0.2) is 39.4 Å². The molecule has 0 spiro atoms. The molecule has 1 saturated heterocycles. The molecule has 2 atom stereocenters. The van der Waals surface area contributed by atoms with Crippen LogP contribution in [0.1, 0.15) is 31.4 Å². The number of nitrogens with zero attached hydrogens (tertiary/aromatic N) is 2. The van der Waals surface area contributed by atoms with Gasteiger partial charge in [-0.25, -0.2) is 4.79 Å². The quantitative estimate of drug-likeness (QED) is 0.779. The van der Waals surface area contributed by atoms with Crippen molar-refractivity contribution in [2.45, 2.75) is 31.4 Å². The van der Waals surface area contributed by atoms with Gasteiger partial charge in [-0.3, -0.25) is 4.79 Å². The average Bonchev–Trinajstić information content (AvgIpc) is 2.70. The van der Waals surface area contributed by atoms with Crippen LogP contribution in [0, 0.1) is 0 Å². The first-order valence-electron chi connectivity index (χ1n) is 9.40. The summed E-state index contributed by atoms with van der Waals surface area (Å²) in [5, 5.41) is 9.23. The van der Waals surface area contributed by atoms with Gasteiger partial charge in [-0.2, -0.15) is 0 Å². The number of amides is 1. The Bertz CT molecular complexity index is 919. The summed E-state index contributed by atoms with van der Waals surface area (Å²) in [6, 6.07) is 11.2. The first kappa shape index (κ1) is 19.9. The molecular formula is C22H26N2O4. The number of hydrogen-bond acceptors (Lipinski definition) is 4. The molecule has 1 aromatic carbocycles. The largest absolute Gasteiger partial charge is 0.438 e. The number of carbonyl (C=O) groups is 1. The Balaban J connectivity index is 1.75. The van der Waals surface area contributed by atoms with Crippen LogP contribution in [0.5, 0.6) is 0 Å². The van der Waals surface area contributed by atoms with Gasteiger partial charge in [0, 0.05) is 45.3 Å².